The third-order valence-corrected chi connectivity index (χ3v) is 3.59. The molecule has 0 saturated carbocycles. The molecule has 2 nitrogen and oxygen atoms in total. The van der Waals surface area contributed by atoms with Gasteiger partial charge in [0.05, 0.1) is 0 Å². The Kier molecular flexibility index (Phi) is 4.39. The third kappa shape index (κ3) is 3.25. The molecule has 84 valence electrons. The van der Waals surface area contributed by atoms with Crippen molar-refractivity contribution in [2.75, 3.05) is 13.1 Å². The van der Waals surface area contributed by atoms with Crippen molar-refractivity contribution in [2.45, 2.75) is 52.6 Å². The number of piperidine rings is 1. The molecule has 0 spiro atoms. The van der Waals surface area contributed by atoms with Gasteiger partial charge in [-0.25, -0.2) is 0 Å². The van der Waals surface area contributed by atoms with Crippen LogP contribution in [0.1, 0.15) is 40.5 Å². The molecule has 2 heteroatoms. The van der Waals surface area contributed by atoms with Crippen LogP contribution in [-0.4, -0.2) is 30.1 Å². The summed E-state index contributed by atoms with van der Waals surface area (Å²) in [6.45, 7) is 11.6. The van der Waals surface area contributed by atoms with Crippen LogP contribution in [0.25, 0.3) is 0 Å². The highest BCUT2D eigenvalue weighted by Crippen LogP contribution is 2.26. The lowest BCUT2D eigenvalue weighted by atomic mass is 9.86. The van der Waals surface area contributed by atoms with E-state index in [9.17, 15) is 0 Å². The first-order valence-electron chi connectivity index (χ1n) is 6.00. The van der Waals surface area contributed by atoms with Crippen molar-refractivity contribution in [3.8, 4) is 0 Å². The van der Waals surface area contributed by atoms with Crippen molar-refractivity contribution < 1.29 is 0 Å². The summed E-state index contributed by atoms with van der Waals surface area (Å²) in [6, 6.07) is 1.08. The van der Waals surface area contributed by atoms with Crippen LogP contribution in [0.3, 0.4) is 0 Å². The SMILES string of the molecule is CC(N)CCN1CC(C)CC(C)C1C. The first kappa shape index (κ1) is 12.0. The van der Waals surface area contributed by atoms with Crippen LogP contribution in [-0.2, 0) is 0 Å². The normalized spacial score (nSPS) is 37.1. The van der Waals surface area contributed by atoms with Crippen molar-refractivity contribution in [2.24, 2.45) is 17.6 Å². The third-order valence-electron chi connectivity index (χ3n) is 3.59. The monoisotopic (exact) mass is 198 g/mol. The second-order valence-corrected chi connectivity index (χ2v) is 5.32. The molecule has 1 heterocycles. The summed E-state index contributed by atoms with van der Waals surface area (Å²) in [4.78, 5) is 2.61. The molecule has 0 amide bonds. The summed E-state index contributed by atoms with van der Waals surface area (Å²) in [5.41, 5.74) is 5.80. The molecule has 0 aliphatic carbocycles. The minimum absolute atomic E-state index is 0.342. The maximum absolute atomic E-state index is 5.80. The molecule has 2 N–H and O–H groups in total. The largest absolute Gasteiger partial charge is 0.328 e. The molecule has 0 bridgehead atoms. The highest BCUT2D eigenvalue weighted by atomic mass is 15.2. The number of hydrogen-bond acceptors (Lipinski definition) is 2. The van der Waals surface area contributed by atoms with Gasteiger partial charge in [0.25, 0.3) is 0 Å². The van der Waals surface area contributed by atoms with Gasteiger partial charge in [-0.1, -0.05) is 13.8 Å². The van der Waals surface area contributed by atoms with Crippen molar-refractivity contribution in [3.63, 3.8) is 0 Å². The lowest BCUT2D eigenvalue weighted by Crippen LogP contribution is -2.46. The van der Waals surface area contributed by atoms with E-state index in [1.165, 1.54) is 19.5 Å². The van der Waals surface area contributed by atoms with Gasteiger partial charge >= 0.3 is 0 Å². The minimum Gasteiger partial charge on any atom is -0.328 e. The first-order chi connectivity index (χ1) is 6.50. The van der Waals surface area contributed by atoms with Gasteiger partial charge in [0, 0.05) is 18.6 Å². The second-order valence-electron chi connectivity index (χ2n) is 5.32. The van der Waals surface area contributed by atoms with Crippen molar-refractivity contribution >= 4 is 0 Å². The Morgan fingerprint density at radius 3 is 2.57 bits per heavy atom. The van der Waals surface area contributed by atoms with Gasteiger partial charge < -0.3 is 10.6 Å². The van der Waals surface area contributed by atoms with E-state index in [0.717, 1.165) is 24.3 Å². The van der Waals surface area contributed by atoms with Crippen LogP contribution in [0.15, 0.2) is 0 Å². The fourth-order valence-corrected chi connectivity index (χ4v) is 2.50. The van der Waals surface area contributed by atoms with E-state index in [1.54, 1.807) is 0 Å². The molecule has 4 atom stereocenters. The Morgan fingerprint density at radius 2 is 2.00 bits per heavy atom. The highest BCUT2D eigenvalue weighted by Gasteiger charge is 2.28. The minimum atomic E-state index is 0.342. The smallest absolute Gasteiger partial charge is 0.00927 e. The van der Waals surface area contributed by atoms with Gasteiger partial charge in [-0.05, 0) is 45.1 Å². The number of rotatable bonds is 3. The quantitative estimate of drug-likeness (QED) is 0.752. The summed E-state index contributed by atoms with van der Waals surface area (Å²) < 4.78 is 0. The van der Waals surface area contributed by atoms with Crippen molar-refractivity contribution in [1.29, 1.82) is 0 Å². The van der Waals surface area contributed by atoms with Crippen LogP contribution in [0.4, 0.5) is 0 Å². The maximum atomic E-state index is 5.80. The van der Waals surface area contributed by atoms with Gasteiger partial charge in [0.2, 0.25) is 0 Å². The van der Waals surface area contributed by atoms with Crippen LogP contribution in [0.2, 0.25) is 0 Å². The van der Waals surface area contributed by atoms with Gasteiger partial charge in [-0.3, -0.25) is 0 Å². The van der Waals surface area contributed by atoms with Crippen molar-refractivity contribution in [3.05, 3.63) is 0 Å². The van der Waals surface area contributed by atoms with E-state index in [1.807, 2.05) is 0 Å². The van der Waals surface area contributed by atoms with E-state index in [-0.39, 0.29) is 0 Å². The van der Waals surface area contributed by atoms with E-state index in [0.29, 0.717) is 6.04 Å². The zero-order chi connectivity index (χ0) is 10.7. The summed E-state index contributed by atoms with van der Waals surface area (Å²) in [7, 11) is 0. The molecule has 0 radical (unpaired) electrons. The van der Waals surface area contributed by atoms with Crippen LogP contribution in [0, 0.1) is 11.8 Å². The van der Waals surface area contributed by atoms with Crippen LogP contribution in [0.5, 0.6) is 0 Å². The zero-order valence-corrected chi connectivity index (χ0v) is 10.2. The van der Waals surface area contributed by atoms with E-state index in [2.05, 4.69) is 32.6 Å². The van der Waals surface area contributed by atoms with E-state index in [4.69, 9.17) is 5.73 Å². The van der Waals surface area contributed by atoms with Crippen molar-refractivity contribution in [1.82, 2.24) is 4.90 Å². The number of likely N-dealkylation sites (tertiary alicyclic amines) is 1. The standard InChI is InChI=1S/C12H26N2/c1-9-7-10(2)12(4)14(8-9)6-5-11(3)13/h9-12H,5-8,13H2,1-4H3. The molecule has 1 fully saturated rings. The highest BCUT2D eigenvalue weighted by molar-refractivity contribution is 4.82. The van der Waals surface area contributed by atoms with E-state index >= 15 is 0 Å². The number of nitrogens with two attached hydrogens (primary N) is 1. The van der Waals surface area contributed by atoms with Gasteiger partial charge in [-0.15, -0.1) is 0 Å². The Balaban J connectivity index is 2.41. The van der Waals surface area contributed by atoms with E-state index < -0.39 is 0 Å². The van der Waals surface area contributed by atoms with Crippen LogP contribution < -0.4 is 5.73 Å². The van der Waals surface area contributed by atoms with Gasteiger partial charge in [-0.2, -0.15) is 0 Å². The predicted octanol–water partition coefficient (Wildman–Crippen LogP) is 2.09. The first-order valence-corrected chi connectivity index (χ1v) is 6.00. The Labute approximate surface area is 88.8 Å². The maximum Gasteiger partial charge on any atom is 0.00927 e. The molecule has 0 aromatic heterocycles. The lowest BCUT2D eigenvalue weighted by Gasteiger charge is -2.41. The molecule has 1 aliphatic rings. The fraction of sp³-hybridized carbons (Fsp3) is 1.00. The fourth-order valence-electron chi connectivity index (χ4n) is 2.50. The van der Waals surface area contributed by atoms with Gasteiger partial charge in [0.15, 0.2) is 0 Å². The zero-order valence-electron chi connectivity index (χ0n) is 10.2. The molecule has 0 aromatic rings. The number of nitrogens with zero attached hydrogens (tertiary/aromatic N) is 1. The summed E-state index contributed by atoms with van der Waals surface area (Å²) in [5, 5.41) is 0. The average molecular weight is 198 g/mol. The average Bonchev–Trinajstić information content (AvgIpc) is 2.08. The Morgan fingerprint density at radius 1 is 1.36 bits per heavy atom. The Hall–Kier alpha value is -0.0800. The summed E-state index contributed by atoms with van der Waals surface area (Å²) in [6.07, 6.45) is 2.51. The second kappa shape index (κ2) is 5.13. The summed E-state index contributed by atoms with van der Waals surface area (Å²) in [5.74, 6) is 1.70. The lowest BCUT2D eigenvalue weighted by molar-refractivity contribution is 0.0774. The molecule has 1 saturated heterocycles. The molecular weight excluding hydrogens is 172 g/mol. The topological polar surface area (TPSA) is 29.3 Å². The predicted molar refractivity (Wildman–Crippen MR) is 62.2 cm³/mol. The molecule has 4 unspecified atom stereocenters. The molecule has 1 rings (SSSR count). The molecule has 0 aromatic carbocycles. The number of hydrogen-bond donors (Lipinski definition) is 1. The van der Waals surface area contributed by atoms with Gasteiger partial charge in [0.1, 0.15) is 0 Å². The van der Waals surface area contributed by atoms with Crippen LogP contribution >= 0.6 is 0 Å². The molecular formula is C12H26N2. The molecule has 1 aliphatic heterocycles. The summed E-state index contributed by atoms with van der Waals surface area (Å²) >= 11 is 0. The Bertz CT molecular complexity index is 168. The molecule has 14 heavy (non-hydrogen) atoms.